The van der Waals surface area contributed by atoms with Crippen molar-refractivity contribution in [3.63, 3.8) is 0 Å². The highest BCUT2D eigenvalue weighted by Crippen LogP contribution is 2.53. The summed E-state index contributed by atoms with van der Waals surface area (Å²) in [6.45, 7) is 13.0. The van der Waals surface area contributed by atoms with E-state index in [0.29, 0.717) is 11.1 Å². The van der Waals surface area contributed by atoms with Gasteiger partial charge in [-0.05, 0) is 64.4 Å². The minimum Gasteiger partial charge on any atom is -0.309 e. The Labute approximate surface area is 253 Å². The van der Waals surface area contributed by atoms with Crippen LogP contribution in [0.1, 0.15) is 96.3 Å². The number of para-hydroxylation sites is 3. The van der Waals surface area contributed by atoms with E-state index in [1.807, 2.05) is 42.5 Å². The van der Waals surface area contributed by atoms with Crippen molar-refractivity contribution < 1.29 is 9.59 Å². The van der Waals surface area contributed by atoms with Gasteiger partial charge in [0.1, 0.15) is 0 Å². The molecule has 5 aromatic rings. The van der Waals surface area contributed by atoms with Crippen LogP contribution < -0.4 is 9.80 Å². The van der Waals surface area contributed by atoms with Gasteiger partial charge in [-0.3, -0.25) is 9.59 Å². The van der Waals surface area contributed by atoms with Gasteiger partial charge in [0.25, 0.3) is 11.8 Å². The van der Waals surface area contributed by atoms with E-state index >= 15 is 0 Å². The van der Waals surface area contributed by atoms with Gasteiger partial charge < -0.3 is 4.90 Å². The van der Waals surface area contributed by atoms with Crippen LogP contribution in [0, 0.1) is 0 Å². The van der Waals surface area contributed by atoms with Gasteiger partial charge in [0, 0.05) is 27.3 Å². The van der Waals surface area contributed by atoms with Crippen LogP contribution in [0.15, 0.2) is 97.1 Å². The van der Waals surface area contributed by atoms with Crippen molar-refractivity contribution in [2.24, 2.45) is 0 Å². The monoisotopic (exact) mass is 564 g/mol. The molecule has 0 atom stereocenters. The molecule has 0 unspecified atom stereocenters. The van der Waals surface area contributed by atoms with Crippen LogP contribution in [-0.4, -0.2) is 11.8 Å². The SMILES string of the molecule is CC(C)c1cccc(C(C)C)c1N1C(=O)c2cccc3c(N4c5ccccc5C(C)(C)c5ccccc54)ccc(c23)C1=O. The van der Waals surface area contributed by atoms with E-state index in [2.05, 4.69) is 101 Å². The first-order chi connectivity index (χ1) is 20.6. The highest BCUT2D eigenvalue weighted by molar-refractivity contribution is 6.37. The minimum atomic E-state index is -0.268. The molecule has 214 valence electrons. The molecule has 0 radical (unpaired) electrons. The summed E-state index contributed by atoms with van der Waals surface area (Å²) in [5.41, 5.74) is 9.31. The Bertz CT molecular complexity index is 1870. The molecule has 0 fully saturated rings. The number of rotatable bonds is 4. The predicted octanol–water partition coefficient (Wildman–Crippen LogP) is 10.00. The third-order valence-corrected chi connectivity index (χ3v) is 9.33. The third kappa shape index (κ3) is 3.82. The lowest BCUT2D eigenvalue weighted by Crippen LogP contribution is -2.42. The highest BCUT2D eigenvalue weighted by Gasteiger charge is 2.40. The molecular formula is C39H36N2O2. The van der Waals surface area contributed by atoms with Crippen LogP contribution in [0.3, 0.4) is 0 Å². The molecular weight excluding hydrogens is 528 g/mol. The van der Waals surface area contributed by atoms with Crippen LogP contribution in [0.4, 0.5) is 22.7 Å². The lowest BCUT2D eigenvalue weighted by atomic mass is 9.73. The quantitative estimate of drug-likeness (QED) is 0.204. The van der Waals surface area contributed by atoms with Crippen molar-refractivity contribution in [2.45, 2.75) is 58.8 Å². The zero-order valence-electron chi connectivity index (χ0n) is 25.6. The van der Waals surface area contributed by atoms with Gasteiger partial charge in [-0.15, -0.1) is 0 Å². The van der Waals surface area contributed by atoms with E-state index in [9.17, 15) is 9.59 Å². The van der Waals surface area contributed by atoms with E-state index in [1.165, 1.54) is 16.0 Å². The van der Waals surface area contributed by atoms with Crippen LogP contribution >= 0.6 is 0 Å². The first-order valence-electron chi connectivity index (χ1n) is 15.2. The lowest BCUT2D eigenvalue weighted by Gasteiger charge is -2.42. The Morgan fingerprint density at radius 2 is 1.05 bits per heavy atom. The predicted molar refractivity (Wildman–Crippen MR) is 177 cm³/mol. The van der Waals surface area contributed by atoms with Crippen molar-refractivity contribution in [1.29, 1.82) is 0 Å². The fraction of sp³-hybridized carbons (Fsp3) is 0.231. The van der Waals surface area contributed by atoms with Crippen molar-refractivity contribution in [2.75, 3.05) is 9.80 Å². The summed E-state index contributed by atoms with van der Waals surface area (Å²) < 4.78 is 0. The number of imide groups is 1. The first-order valence-corrected chi connectivity index (χ1v) is 15.2. The van der Waals surface area contributed by atoms with Crippen molar-refractivity contribution in [3.05, 3.63) is 130 Å². The second-order valence-corrected chi connectivity index (χ2v) is 12.9. The largest absolute Gasteiger partial charge is 0.309 e. The third-order valence-electron chi connectivity index (χ3n) is 9.33. The number of hydrogen-bond donors (Lipinski definition) is 0. The van der Waals surface area contributed by atoms with Gasteiger partial charge in [0.05, 0.1) is 22.7 Å². The molecule has 2 aliphatic heterocycles. The molecule has 0 N–H and O–H groups in total. The molecule has 2 amide bonds. The molecule has 7 rings (SSSR count). The van der Waals surface area contributed by atoms with Gasteiger partial charge in [0.15, 0.2) is 0 Å². The van der Waals surface area contributed by atoms with E-state index in [4.69, 9.17) is 0 Å². The molecule has 4 heteroatoms. The van der Waals surface area contributed by atoms with Gasteiger partial charge in [-0.25, -0.2) is 4.90 Å². The van der Waals surface area contributed by atoms with Crippen molar-refractivity contribution in [3.8, 4) is 0 Å². The van der Waals surface area contributed by atoms with Gasteiger partial charge >= 0.3 is 0 Å². The zero-order valence-corrected chi connectivity index (χ0v) is 25.6. The van der Waals surface area contributed by atoms with E-state index in [-0.39, 0.29) is 29.1 Å². The molecule has 0 bridgehead atoms. The smallest absolute Gasteiger partial charge is 0.266 e. The molecule has 2 heterocycles. The summed E-state index contributed by atoms with van der Waals surface area (Å²) >= 11 is 0. The fourth-order valence-electron chi connectivity index (χ4n) is 7.18. The zero-order chi connectivity index (χ0) is 30.2. The lowest BCUT2D eigenvalue weighted by molar-refractivity contribution is 0.0893. The van der Waals surface area contributed by atoms with Crippen molar-refractivity contribution >= 4 is 45.3 Å². The summed E-state index contributed by atoms with van der Waals surface area (Å²) in [5.74, 6) is -0.235. The van der Waals surface area contributed by atoms with E-state index in [0.717, 1.165) is 44.6 Å². The normalized spacial score (nSPS) is 15.3. The number of nitrogens with zero attached hydrogens (tertiary/aromatic N) is 2. The summed E-state index contributed by atoms with van der Waals surface area (Å²) in [4.78, 5) is 32.6. The number of amides is 2. The van der Waals surface area contributed by atoms with Gasteiger partial charge in [-0.1, -0.05) is 108 Å². The Kier molecular flexibility index (Phi) is 6.10. The molecule has 0 saturated heterocycles. The summed E-state index contributed by atoms with van der Waals surface area (Å²) in [6, 6.07) is 33.0. The molecule has 5 aromatic carbocycles. The molecule has 0 aromatic heterocycles. The second-order valence-electron chi connectivity index (χ2n) is 12.9. The second kappa shape index (κ2) is 9.67. The maximum Gasteiger partial charge on any atom is 0.266 e. The van der Waals surface area contributed by atoms with Crippen LogP contribution in [0.5, 0.6) is 0 Å². The first kappa shape index (κ1) is 27.2. The number of anilines is 4. The molecule has 2 aliphatic rings. The fourth-order valence-corrected chi connectivity index (χ4v) is 7.18. The number of carbonyl (C=O) groups excluding carboxylic acids is 2. The van der Waals surface area contributed by atoms with E-state index in [1.54, 1.807) is 0 Å². The number of fused-ring (bicyclic) bond motifs is 2. The average Bonchev–Trinajstić information content (AvgIpc) is 3.00. The Morgan fingerprint density at radius 1 is 0.535 bits per heavy atom. The maximum absolute atomic E-state index is 14.4. The Morgan fingerprint density at radius 3 is 1.60 bits per heavy atom. The van der Waals surface area contributed by atoms with Gasteiger partial charge in [0.2, 0.25) is 0 Å². The Balaban J connectivity index is 1.47. The molecule has 0 aliphatic carbocycles. The van der Waals surface area contributed by atoms with Gasteiger partial charge in [-0.2, -0.15) is 0 Å². The van der Waals surface area contributed by atoms with E-state index < -0.39 is 0 Å². The van der Waals surface area contributed by atoms with Crippen LogP contribution in [0.25, 0.3) is 10.8 Å². The number of hydrogen-bond acceptors (Lipinski definition) is 3. The summed E-state index contributed by atoms with van der Waals surface area (Å²) in [7, 11) is 0. The molecule has 0 saturated carbocycles. The standard InChI is InChI=1S/C39H36N2O2/c1-23(2)25-13-11-14-26(24(3)4)36(25)41-37(42)28-16-12-15-27-32(22-21-29(35(27)28)38(41)43)40-33-19-9-7-17-30(33)39(5,6)31-18-8-10-20-34(31)40/h7-24H,1-6H3. The molecule has 4 nitrogen and oxygen atoms in total. The number of benzene rings is 5. The summed E-state index contributed by atoms with van der Waals surface area (Å²) in [6.07, 6.45) is 0. The van der Waals surface area contributed by atoms with Crippen molar-refractivity contribution in [1.82, 2.24) is 0 Å². The number of carbonyl (C=O) groups is 2. The van der Waals surface area contributed by atoms with Crippen LogP contribution in [-0.2, 0) is 5.41 Å². The molecule has 0 spiro atoms. The maximum atomic E-state index is 14.4. The molecule has 43 heavy (non-hydrogen) atoms. The van der Waals surface area contributed by atoms with Crippen LogP contribution in [0.2, 0.25) is 0 Å². The summed E-state index contributed by atoms with van der Waals surface area (Å²) in [5, 5.41) is 1.61. The minimum absolute atomic E-state index is 0.150. The Hall–Kier alpha value is -4.70. The average molecular weight is 565 g/mol. The topological polar surface area (TPSA) is 40.6 Å². The highest BCUT2D eigenvalue weighted by atomic mass is 16.2.